The first-order chi connectivity index (χ1) is 14.5. The third kappa shape index (κ3) is 3.60. The Kier molecular flexibility index (Phi) is 5.15. The summed E-state index contributed by atoms with van der Waals surface area (Å²) in [6, 6.07) is 10.0. The van der Waals surface area contributed by atoms with Crippen LogP contribution in [-0.4, -0.2) is 40.5 Å². The van der Waals surface area contributed by atoms with Crippen LogP contribution in [0.3, 0.4) is 0 Å². The van der Waals surface area contributed by atoms with E-state index in [1.807, 2.05) is 0 Å². The molecule has 2 aliphatic heterocycles. The summed E-state index contributed by atoms with van der Waals surface area (Å²) >= 11 is 1.16. The summed E-state index contributed by atoms with van der Waals surface area (Å²) in [6.07, 6.45) is 1.47. The first kappa shape index (κ1) is 19.5. The van der Waals surface area contributed by atoms with E-state index in [-0.39, 0.29) is 28.5 Å². The van der Waals surface area contributed by atoms with Crippen molar-refractivity contribution >= 4 is 46.3 Å². The Labute approximate surface area is 174 Å². The molecule has 2 aliphatic rings. The first-order valence-electron chi connectivity index (χ1n) is 8.55. The number of halogens is 1. The molecule has 1 N–H and O–H groups in total. The van der Waals surface area contributed by atoms with E-state index < -0.39 is 17.7 Å². The largest absolute Gasteiger partial charge is 0.493 e. The number of methoxy groups -OCH3 is 1. The second kappa shape index (κ2) is 7.91. The summed E-state index contributed by atoms with van der Waals surface area (Å²) in [6.45, 7) is 0. The highest BCUT2D eigenvalue weighted by Gasteiger charge is 2.32. The molecule has 0 bridgehead atoms. The van der Waals surface area contributed by atoms with Gasteiger partial charge in [0.1, 0.15) is 5.82 Å². The molecule has 0 spiro atoms. The van der Waals surface area contributed by atoms with Gasteiger partial charge >= 0.3 is 5.97 Å². The molecule has 0 atom stereocenters. The lowest BCUT2D eigenvalue weighted by Gasteiger charge is -2.20. The molecular formula is C20H13FN4O4S. The molecule has 0 saturated carbocycles. The molecule has 0 radical (unpaired) electrons. The third-order valence-corrected chi connectivity index (χ3v) is 4.87. The number of hydrazone groups is 1. The molecule has 150 valence electrons. The topological polar surface area (TPSA) is 104 Å². The van der Waals surface area contributed by atoms with Crippen LogP contribution in [0.1, 0.15) is 15.9 Å². The zero-order chi connectivity index (χ0) is 21.3. The average molecular weight is 424 g/mol. The van der Waals surface area contributed by atoms with Crippen molar-refractivity contribution in [3.8, 4) is 11.5 Å². The third-order valence-electron chi connectivity index (χ3n) is 4.19. The highest BCUT2D eigenvalue weighted by molar-refractivity contribution is 8.25. The average Bonchev–Trinajstić information content (AvgIpc) is 3.20. The number of benzene rings is 2. The molecule has 2 aromatic carbocycles. The Hall–Kier alpha value is -3.79. The smallest absolute Gasteiger partial charge is 0.346 e. The molecule has 1 amide bonds. The Bertz CT molecular complexity index is 1180. The first-order valence-corrected chi connectivity index (χ1v) is 9.43. The normalized spacial score (nSPS) is 16.5. The Morgan fingerprint density at radius 2 is 2.03 bits per heavy atom. The predicted molar refractivity (Wildman–Crippen MR) is 110 cm³/mol. The van der Waals surface area contributed by atoms with Crippen LogP contribution in [0.25, 0.3) is 6.08 Å². The number of hydrogen-bond acceptors (Lipinski definition) is 7. The van der Waals surface area contributed by atoms with Crippen LogP contribution >= 0.6 is 11.8 Å². The zero-order valence-electron chi connectivity index (χ0n) is 15.5. The summed E-state index contributed by atoms with van der Waals surface area (Å²) in [5.74, 6) is -1.94. The lowest BCUT2D eigenvalue weighted by Crippen LogP contribution is -2.35. The van der Waals surface area contributed by atoms with Crippen molar-refractivity contribution in [1.82, 2.24) is 5.01 Å². The van der Waals surface area contributed by atoms with Gasteiger partial charge in [-0.05, 0) is 47.7 Å². The molecule has 0 fully saturated rings. The lowest BCUT2D eigenvalue weighted by molar-refractivity contribution is -0.114. The monoisotopic (exact) mass is 424 g/mol. The van der Waals surface area contributed by atoms with Crippen LogP contribution in [-0.2, 0) is 4.79 Å². The van der Waals surface area contributed by atoms with Gasteiger partial charge in [0.15, 0.2) is 22.5 Å². The molecule has 0 aliphatic carbocycles. The fourth-order valence-electron chi connectivity index (χ4n) is 2.74. The highest BCUT2D eigenvalue weighted by Crippen LogP contribution is 2.31. The summed E-state index contributed by atoms with van der Waals surface area (Å²) in [7, 11) is 1.38. The van der Waals surface area contributed by atoms with Gasteiger partial charge in [-0.1, -0.05) is 18.2 Å². The number of aliphatic imine (C=N–C) groups is 1. The summed E-state index contributed by atoms with van der Waals surface area (Å²) in [4.78, 5) is 28.4. The minimum atomic E-state index is -0.868. The fourth-order valence-corrected chi connectivity index (χ4v) is 3.35. The number of rotatable bonds is 4. The van der Waals surface area contributed by atoms with Gasteiger partial charge < -0.3 is 9.47 Å². The lowest BCUT2D eigenvalue weighted by atomic mass is 10.1. The van der Waals surface area contributed by atoms with Crippen molar-refractivity contribution in [1.29, 1.82) is 5.41 Å². The van der Waals surface area contributed by atoms with Crippen molar-refractivity contribution in [3.05, 3.63) is 65.0 Å². The summed E-state index contributed by atoms with van der Waals surface area (Å²) < 4.78 is 24.3. The van der Waals surface area contributed by atoms with E-state index in [1.165, 1.54) is 54.1 Å². The van der Waals surface area contributed by atoms with Gasteiger partial charge in [-0.2, -0.15) is 15.1 Å². The second-order valence-corrected chi connectivity index (χ2v) is 6.85. The van der Waals surface area contributed by atoms with Crippen LogP contribution in [0.15, 0.2) is 58.1 Å². The van der Waals surface area contributed by atoms with E-state index in [0.717, 1.165) is 17.8 Å². The van der Waals surface area contributed by atoms with E-state index in [9.17, 15) is 14.0 Å². The van der Waals surface area contributed by atoms with Crippen LogP contribution < -0.4 is 9.47 Å². The fraction of sp³-hybridized carbons (Fsp3) is 0.0500. The predicted octanol–water partition coefficient (Wildman–Crippen LogP) is 3.30. The van der Waals surface area contributed by atoms with Crippen molar-refractivity contribution in [2.45, 2.75) is 0 Å². The van der Waals surface area contributed by atoms with Gasteiger partial charge in [0, 0.05) is 0 Å². The number of ether oxygens (including phenoxy) is 2. The van der Waals surface area contributed by atoms with E-state index in [1.54, 1.807) is 6.07 Å². The molecule has 0 aromatic heterocycles. The molecule has 2 aromatic rings. The number of amides is 1. The molecule has 10 heteroatoms. The van der Waals surface area contributed by atoms with Gasteiger partial charge in [-0.15, -0.1) is 0 Å². The van der Waals surface area contributed by atoms with Crippen LogP contribution in [0, 0.1) is 11.2 Å². The quantitative estimate of drug-likeness (QED) is 0.459. The molecule has 2 heterocycles. The molecular weight excluding hydrogens is 411 g/mol. The van der Waals surface area contributed by atoms with E-state index >= 15 is 0 Å². The van der Waals surface area contributed by atoms with E-state index in [0.29, 0.717) is 10.7 Å². The zero-order valence-corrected chi connectivity index (χ0v) is 16.3. The van der Waals surface area contributed by atoms with Crippen LogP contribution in [0.2, 0.25) is 0 Å². The van der Waals surface area contributed by atoms with Gasteiger partial charge in [0.25, 0.3) is 5.91 Å². The maximum Gasteiger partial charge on any atom is 0.346 e. The minimum absolute atomic E-state index is 0.0524. The van der Waals surface area contributed by atoms with E-state index in [2.05, 4.69) is 10.1 Å². The van der Waals surface area contributed by atoms with Gasteiger partial charge in [-0.25, -0.2) is 9.18 Å². The summed E-state index contributed by atoms with van der Waals surface area (Å²) in [5, 5.41) is 13.8. The molecule has 0 unspecified atom stereocenters. The van der Waals surface area contributed by atoms with Gasteiger partial charge in [-0.3, -0.25) is 10.2 Å². The second-order valence-electron chi connectivity index (χ2n) is 6.04. The number of fused-ring (bicyclic) bond motifs is 1. The molecule has 4 rings (SSSR count). The standard InChI is InChI=1S/C20H13FN4O4S/c1-28-16-9-11(8-13-17(22)25-20(24-18(13)26)30-10-23-25)6-7-15(16)29-19(27)12-4-2-3-5-14(12)21/h2-10,22H,1H3/b13-8+,22-17?. The van der Waals surface area contributed by atoms with Crippen LogP contribution in [0.5, 0.6) is 11.5 Å². The molecule has 8 nitrogen and oxygen atoms in total. The maximum absolute atomic E-state index is 13.8. The number of amidine groups is 2. The Morgan fingerprint density at radius 3 is 2.80 bits per heavy atom. The van der Waals surface area contributed by atoms with Crippen molar-refractivity contribution in [2.24, 2.45) is 10.1 Å². The minimum Gasteiger partial charge on any atom is -0.493 e. The molecule has 0 saturated heterocycles. The number of nitrogens with zero attached hydrogens (tertiary/aromatic N) is 3. The Balaban J connectivity index is 1.61. The number of nitrogens with one attached hydrogen (secondary N) is 1. The maximum atomic E-state index is 13.8. The molecule has 30 heavy (non-hydrogen) atoms. The highest BCUT2D eigenvalue weighted by atomic mass is 32.2. The number of esters is 1. The van der Waals surface area contributed by atoms with E-state index in [4.69, 9.17) is 14.9 Å². The number of carbonyl (C=O) groups excluding carboxylic acids is 2. The van der Waals surface area contributed by atoms with Gasteiger partial charge in [0.2, 0.25) is 0 Å². The summed E-state index contributed by atoms with van der Waals surface area (Å²) in [5.41, 5.74) is 1.85. The van der Waals surface area contributed by atoms with Crippen LogP contribution in [0.4, 0.5) is 4.39 Å². The number of carbonyl (C=O) groups is 2. The SMILES string of the molecule is COc1cc(/C=C2\C(=N)N3N=CSC3=NC2=O)ccc1OC(=O)c1ccccc1F. The Morgan fingerprint density at radius 1 is 1.23 bits per heavy atom. The van der Waals surface area contributed by atoms with Crippen molar-refractivity contribution in [2.75, 3.05) is 7.11 Å². The van der Waals surface area contributed by atoms with Crippen molar-refractivity contribution < 1.29 is 23.5 Å². The number of hydrogen-bond donors (Lipinski definition) is 1. The number of thioether (sulfide) groups is 1. The van der Waals surface area contributed by atoms with Gasteiger partial charge in [0.05, 0.1) is 23.8 Å². The van der Waals surface area contributed by atoms with Crippen molar-refractivity contribution in [3.63, 3.8) is 0 Å².